The van der Waals surface area contributed by atoms with Gasteiger partial charge in [-0.25, -0.2) is 0 Å². The highest BCUT2D eigenvalue weighted by atomic mass is 16.1. The maximum Gasteiger partial charge on any atom is 0.247 e. The molecule has 1 N–H and O–H groups in total. The number of amides is 1. The van der Waals surface area contributed by atoms with Crippen LogP contribution in [0.3, 0.4) is 0 Å². The molecule has 136 valence electrons. The molecule has 0 atom stereocenters. The number of nitrogens with one attached hydrogen (secondary N) is 1. The number of benzene rings is 2. The Hall–Kier alpha value is -2.35. The Morgan fingerprint density at radius 2 is 1.85 bits per heavy atom. The zero-order valence-electron chi connectivity index (χ0n) is 16.0. The maximum absolute atomic E-state index is 12.2. The van der Waals surface area contributed by atoms with Crippen LogP contribution >= 0.6 is 0 Å². The van der Waals surface area contributed by atoms with Crippen LogP contribution in [-0.4, -0.2) is 5.91 Å². The maximum atomic E-state index is 12.2. The summed E-state index contributed by atoms with van der Waals surface area (Å²) in [5.74, 6) is -0.117. The molecular formula is C24H29NO. The van der Waals surface area contributed by atoms with Crippen LogP contribution in [0.25, 0.3) is 11.1 Å². The smallest absolute Gasteiger partial charge is 0.247 e. The van der Waals surface area contributed by atoms with Gasteiger partial charge in [0.15, 0.2) is 0 Å². The number of carbonyl (C=O) groups is 1. The highest BCUT2D eigenvalue weighted by molar-refractivity contribution is 6.01. The van der Waals surface area contributed by atoms with Crippen molar-refractivity contribution in [2.75, 3.05) is 5.32 Å². The molecule has 0 saturated carbocycles. The van der Waals surface area contributed by atoms with Crippen LogP contribution in [0.5, 0.6) is 0 Å². The SMILES string of the molecule is C=CC(=O)Nc1c(CCCC)c(CCCC)cc2c1Cc1ccccc1-2. The lowest BCUT2D eigenvalue weighted by Gasteiger charge is -2.20. The molecule has 26 heavy (non-hydrogen) atoms. The summed E-state index contributed by atoms with van der Waals surface area (Å²) in [6.45, 7) is 8.09. The van der Waals surface area contributed by atoms with Gasteiger partial charge in [-0.05, 0) is 65.1 Å². The largest absolute Gasteiger partial charge is 0.322 e. The van der Waals surface area contributed by atoms with Gasteiger partial charge in [0.2, 0.25) is 5.91 Å². The molecule has 1 aliphatic rings. The standard InChI is InChI=1S/C24H29NO/c1-4-7-11-18-15-21-19-14-10-9-12-17(19)16-22(21)24(25-23(26)6-3)20(18)13-8-5-2/h6,9-10,12,14-15H,3-5,7-8,11,13,16H2,1-2H3,(H,25,26). The number of rotatable bonds is 8. The average Bonchev–Trinajstić information content (AvgIpc) is 3.03. The van der Waals surface area contributed by atoms with Gasteiger partial charge in [0.1, 0.15) is 0 Å². The molecule has 2 nitrogen and oxygen atoms in total. The van der Waals surface area contributed by atoms with Crippen molar-refractivity contribution in [3.05, 3.63) is 65.2 Å². The van der Waals surface area contributed by atoms with Gasteiger partial charge in [-0.15, -0.1) is 0 Å². The van der Waals surface area contributed by atoms with E-state index in [9.17, 15) is 4.79 Å². The van der Waals surface area contributed by atoms with Gasteiger partial charge in [-0.3, -0.25) is 4.79 Å². The summed E-state index contributed by atoms with van der Waals surface area (Å²) in [5.41, 5.74) is 9.02. The fourth-order valence-corrected chi connectivity index (χ4v) is 3.93. The van der Waals surface area contributed by atoms with Crippen molar-refractivity contribution >= 4 is 11.6 Å². The quantitative estimate of drug-likeness (QED) is 0.492. The number of carbonyl (C=O) groups excluding carboxylic acids is 1. The molecule has 1 amide bonds. The molecule has 0 spiro atoms. The molecule has 1 aliphatic carbocycles. The van der Waals surface area contributed by atoms with Gasteiger partial charge in [0.25, 0.3) is 0 Å². The second-order valence-electron chi connectivity index (χ2n) is 7.15. The van der Waals surface area contributed by atoms with Gasteiger partial charge >= 0.3 is 0 Å². The van der Waals surface area contributed by atoms with Crippen LogP contribution in [0, 0.1) is 0 Å². The Bertz CT molecular complexity index is 819. The van der Waals surface area contributed by atoms with Gasteiger partial charge in [0.05, 0.1) is 0 Å². The molecule has 0 saturated heterocycles. The number of anilines is 1. The molecule has 0 aromatic heterocycles. The predicted molar refractivity (Wildman–Crippen MR) is 111 cm³/mol. The third-order valence-corrected chi connectivity index (χ3v) is 5.32. The van der Waals surface area contributed by atoms with Crippen molar-refractivity contribution < 1.29 is 4.79 Å². The molecule has 2 aromatic rings. The van der Waals surface area contributed by atoms with E-state index in [1.807, 2.05) is 0 Å². The second kappa shape index (κ2) is 8.35. The normalized spacial score (nSPS) is 11.8. The molecule has 3 rings (SSSR count). The van der Waals surface area contributed by atoms with Crippen LogP contribution in [-0.2, 0) is 24.1 Å². The first kappa shape index (κ1) is 18.4. The third kappa shape index (κ3) is 3.60. The summed E-state index contributed by atoms with van der Waals surface area (Å²) in [5, 5.41) is 3.16. The minimum absolute atomic E-state index is 0.117. The number of fused-ring (bicyclic) bond motifs is 3. The minimum Gasteiger partial charge on any atom is -0.322 e. The number of unbranched alkanes of at least 4 members (excludes halogenated alkanes) is 2. The number of hydrogen-bond donors (Lipinski definition) is 1. The molecular weight excluding hydrogens is 318 g/mol. The molecule has 0 radical (unpaired) electrons. The molecule has 0 aliphatic heterocycles. The van der Waals surface area contributed by atoms with E-state index < -0.39 is 0 Å². The molecule has 0 fully saturated rings. The number of aryl methyl sites for hydroxylation is 1. The average molecular weight is 348 g/mol. The minimum atomic E-state index is -0.117. The van der Waals surface area contributed by atoms with E-state index in [4.69, 9.17) is 0 Å². The van der Waals surface area contributed by atoms with E-state index in [2.05, 4.69) is 56.1 Å². The molecule has 2 aromatic carbocycles. The van der Waals surface area contributed by atoms with Crippen molar-refractivity contribution in [2.24, 2.45) is 0 Å². The Kier molecular flexibility index (Phi) is 5.92. The highest BCUT2D eigenvalue weighted by Gasteiger charge is 2.25. The zero-order chi connectivity index (χ0) is 18.5. The topological polar surface area (TPSA) is 29.1 Å². The van der Waals surface area contributed by atoms with E-state index in [0.29, 0.717) is 0 Å². The lowest BCUT2D eigenvalue weighted by Crippen LogP contribution is -2.13. The fourth-order valence-electron chi connectivity index (χ4n) is 3.93. The van der Waals surface area contributed by atoms with Crippen molar-refractivity contribution in [3.8, 4) is 11.1 Å². The van der Waals surface area contributed by atoms with E-state index in [1.54, 1.807) is 0 Å². The first-order valence-corrected chi connectivity index (χ1v) is 9.88. The van der Waals surface area contributed by atoms with Crippen LogP contribution in [0.2, 0.25) is 0 Å². The van der Waals surface area contributed by atoms with E-state index >= 15 is 0 Å². The summed E-state index contributed by atoms with van der Waals surface area (Å²) in [6.07, 6.45) is 9.00. The Balaban J connectivity index is 2.17. The van der Waals surface area contributed by atoms with Crippen LogP contribution in [0.1, 0.15) is 61.8 Å². The Morgan fingerprint density at radius 3 is 2.58 bits per heavy atom. The monoisotopic (exact) mass is 347 g/mol. The zero-order valence-corrected chi connectivity index (χ0v) is 16.0. The van der Waals surface area contributed by atoms with Crippen molar-refractivity contribution in [1.82, 2.24) is 0 Å². The predicted octanol–water partition coefficient (Wildman–Crippen LogP) is 6.07. The fraction of sp³-hybridized carbons (Fsp3) is 0.375. The second-order valence-corrected chi connectivity index (χ2v) is 7.15. The number of hydrogen-bond acceptors (Lipinski definition) is 1. The van der Waals surface area contributed by atoms with Gasteiger partial charge in [0, 0.05) is 12.1 Å². The molecule has 0 heterocycles. The summed E-state index contributed by atoms with van der Waals surface area (Å²) in [6, 6.07) is 11.0. The first-order chi connectivity index (χ1) is 12.7. The van der Waals surface area contributed by atoms with E-state index in [0.717, 1.165) is 37.8 Å². The van der Waals surface area contributed by atoms with Gasteiger partial charge in [-0.1, -0.05) is 63.6 Å². The van der Waals surface area contributed by atoms with Crippen LogP contribution in [0.15, 0.2) is 43.0 Å². The van der Waals surface area contributed by atoms with E-state index in [-0.39, 0.29) is 5.91 Å². The lowest BCUT2D eigenvalue weighted by atomic mass is 9.90. The summed E-state index contributed by atoms with van der Waals surface area (Å²) in [4.78, 5) is 12.2. The molecule has 2 heteroatoms. The summed E-state index contributed by atoms with van der Waals surface area (Å²) >= 11 is 0. The van der Waals surface area contributed by atoms with Gasteiger partial charge in [-0.2, -0.15) is 0 Å². The Labute approximate surface area is 157 Å². The van der Waals surface area contributed by atoms with Gasteiger partial charge < -0.3 is 5.32 Å². The van der Waals surface area contributed by atoms with Crippen molar-refractivity contribution in [3.63, 3.8) is 0 Å². The Morgan fingerprint density at radius 1 is 1.12 bits per heavy atom. The van der Waals surface area contributed by atoms with Crippen molar-refractivity contribution in [2.45, 2.75) is 58.8 Å². The summed E-state index contributed by atoms with van der Waals surface area (Å²) in [7, 11) is 0. The third-order valence-electron chi connectivity index (χ3n) is 5.32. The molecule has 0 bridgehead atoms. The van der Waals surface area contributed by atoms with E-state index in [1.165, 1.54) is 52.3 Å². The summed E-state index contributed by atoms with van der Waals surface area (Å²) < 4.78 is 0. The molecule has 0 unspecified atom stereocenters. The first-order valence-electron chi connectivity index (χ1n) is 9.88. The van der Waals surface area contributed by atoms with Crippen molar-refractivity contribution in [1.29, 1.82) is 0 Å². The van der Waals surface area contributed by atoms with Crippen LogP contribution < -0.4 is 5.32 Å². The lowest BCUT2D eigenvalue weighted by molar-refractivity contribution is -0.111. The van der Waals surface area contributed by atoms with Crippen LogP contribution in [0.4, 0.5) is 5.69 Å². The highest BCUT2D eigenvalue weighted by Crippen LogP contribution is 2.44.